The second-order valence-corrected chi connectivity index (χ2v) is 6.93. The lowest BCUT2D eigenvalue weighted by molar-refractivity contribution is 0.0635. The molecule has 0 heterocycles. The number of ether oxygens (including phenoxy) is 1. The van der Waals surface area contributed by atoms with Gasteiger partial charge < -0.3 is 15.4 Å². The highest BCUT2D eigenvalue weighted by Gasteiger charge is 2.08. The van der Waals surface area contributed by atoms with Crippen molar-refractivity contribution < 1.29 is 14.3 Å². The Kier molecular flexibility index (Phi) is 7.75. The van der Waals surface area contributed by atoms with Crippen LogP contribution >= 0.6 is 0 Å². The van der Waals surface area contributed by atoms with Crippen molar-refractivity contribution in [1.82, 2.24) is 5.32 Å². The first kappa shape index (κ1) is 21.3. The molecule has 1 unspecified atom stereocenters. The van der Waals surface area contributed by atoms with Crippen LogP contribution in [-0.4, -0.2) is 25.0 Å². The van der Waals surface area contributed by atoms with Crippen LogP contribution in [0.4, 0.5) is 5.69 Å². The molecule has 2 N–H and O–H groups in total. The zero-order chi connectivity index (χ0) is 21.2. The standard InChI is InChI=1S/C25H26N2O3/c1-19(20-9-4-2-5-10-20)30-18-8-17-26-24(28)22-13-15-23(16-14-22)27-25(29)21-11-6-3-7-12-21/h2-7,9-16,19H,8,17-18H2,1H3,(H,26,28)(H,27,29). The molecule has 0 aliphatic heterocycles. The Morgan fingerprint density at radius 2 is 1.40 bits per heavy atom. The van der Waals surface area contributed by atoms with Gasteiger partial charge in [0, 0.05) is 30.0 Å². The number of carbonyl (C=O) groups is 2. The Bertz CT molecular complexity index is 941. The smallest absolute Gasteiger partial charge is 0.255 e. The van der Waals surface area contributed by atoms with E-state index >= 15 is 0 Å². The molecular weight excluding hydrogens is 376 g/mol. The lowest BCUT2D eigenvalue weighted by atomic mass is 10.1. The van der Waals surface area contributed by atoms with E-state index in [4.69, 9.17) is 4.74 Å². The lowest BCUT2D eigenvalue weighted by Crippen LogP contribution is -2.25. The summed E-state index contributed by atoms with van der Waals surface area (Å²) in [6.45, 7) is 3.12. The Morgan fingerprint density at radius 3 is 2.07 bits per heavy atom. The van der Waals surface area contributed by atoms with Crippen LogP contribution in [-0.2, 0) is 4.74 Å². The molecule has 0 aliphatic carbocycles. The third-order valence-corrected chi connectivity index (χ3v) is 4.68. The second kappa shape index (κ2) is 10.9. The number of anilines is 1. The summed E-state index contributed by atoms with van der Waals surface area (Å²) >= 11 is 0. The molecule has 30 heavy (non-hydrogen) atoms. The van der Waals surface area contributed by atoms with Crippen LogP contribution in [0.2, 0.25) is 0 Å². The normalized spacial score (nSPS) is 11.5. The molecule has 0 radical (unpaired) electrons. The van der Waals surface area contributed by atoms with Gasteiger partial charge in [0.05, 0.1) is 6.10 Å². The highest BCUT2D eigenvalue weighted by atomic mass is 16.5. The number of nitrogens with one attached hydrogen (secondary N) is 2. The molecule has 3 aromatic rings. The van der Waals surface area contributed by atoms with Gasteiger partial charge in [0.2, 0.25) is 0 Å². The Balaban J connectivity index is 1.39. The fraction of sp³-hybridized carbons (Fsp3) is 0.200. The van der Waals surface area contributed by atoms with Gasteiger partial charge in [-0.1, -0.05) is 48.5 Å². The number of rotatable bonds is 9. The molecule has 0 saturated carbocycles. The molecule has 1 atom stereocenters. The number of hydrogen-bond donors (Lipinski definition) is 2. The van der Waals surface area contributed by atoms with Crippen molar-refractivity contribution in [2.75, 3.05) is 18.5 Å². The van der Waals surface area contributed by atoms with Crippen LogP contribution in [0.15, 0.2) is 84.9 Å². The van der Waals surface area contributed by atoms with Gasteiger partial charge in [-0.25, -0.2) is 0 Å². The maximum absolute atomic E-state index is 12.3. The van der Waals surface area contributed by atoms with E-state index in [9.17, 15) is 9.59 Å². The minimum absolute atomic E-state index is 0.0283. The number of amides is 2. The van der Waals surface area contributed by atoms with E-state index in [0.717, 1.165) is 12.0 Å². The zero-order valence-electron chi connectivity index (χ0n) is 17.0. The Labute approximate surface area is 177 Å². The number of carbonyl (C=O) groups excluding carboxylic acids is 2. The summed E-state index contributed by atoms with van der Waals surface area (Å²) < 4.78 is 5.81. The van der Waals surface area contributed by atoms with Crippen LogP contribution in [0.1, 0.15) is 45.7 Å². The number of hydrogen-bond acceptors (Lipinski definition) is 3. The second-order valence-electron chi connectivity index (χ2n) is 6.93. The Morgan fingerprint density at radius 1 is 0.800 bits per heavy atom. The summed E-state index contributed by atoms with van der Waals surface area (Å²) in [5.41, 5.74) is 2.92. The van der Waals surface area contributed by atoms with Crippen LogP contribution in [0.25, 0.3) is 0 Å². The molecule has 2 amide bonds. The van der Waals surface area contributed by atoms with Crippen LogP contribution in [0.5, 0.6) is 0 Å². The van der Waals surface area contributed by atoms with Gasteiger partial charge in [-0.2, -0.15) is 0 Å². The van der Waals surface area contributed by atoms with Crippen molar-refractivity contribution in [2.45, 2.75) is 19.4 Å². The van der Waals surface area contributed by atoms with Gasteiger partial charge in [-0.3, -0.25) is 9.59 Å². The first-order chi connectivity index (χ1) is 14.6. The summed E-state index contributed by atoms with van der Waals surface area (Å²) in [7, 11) is 0. The van der Waals surface area contributed by atoms with Crippen molar-refractivity contribution >= 4 is 17.5 Å². The van der Waals surface area contributed by atoms with E-state index in [-0.39, 0.29) is 17.9 Å². The van der Waals surface area contributed by atoms with Crippen LogP contribution in [0.3, 0.4) is 0 Å². The van der Waals surface area contributed by atoms with E-state index in [1.54, 1.807) is 36.4 Å². The minimum Gasteiger partial charge on any atom is -0.374 e. The highest BCUT2D eigenvalue weighted by Crippen LogP contribution is 2.16. The summed E-state index contributed by atoms with van der Waals surface area (Å²) in [5, 5.41) is 5.71. The van der Waals surface area contributed by atoms with E-state index in [1.807, 2.05) is 55.5 Å². The maximum atomic E-state index is 12.3. The summed E-state index contributed by atoms with van der Waals surface area (Å²) in [6, 6.07) is 25.9. The molecule has 0 fully saturated rings. The van der Waals surface area contributed by atoms with Crippen LogP contribution in [0, 0.1) is 0 Å². The van der Waals surface area contributed by atoms with E-state index in [1.165, 1.54) is 0 Å². The van der Waals surface area contributed by atoms with Crippen molar-refractivity contribution in [1.29, 1.82) is 0 Å². The first-order valence-electron chi connectivity index (χ1n) is 10.0. The van der Waals surface area contributed by atoms with Gasteiger partial charge in [0.15, 0.2) is 0 Å². The topological polar surface area (TPSA) is 67.4 Å². The van der Waals surface area contributed by atoms with Crippen molar-refractivity contribution in [3.05, 3.63) is 102 Å². The SMILES string of the molecule is CC(OCCCNC(=O)c1ccc(NC(=O)c2ccccc2)cc1)c1ccccc1. The average Bonchev–Trinajstić information content (AvgIpc) is 2.80. The molecule has 5 heteroatoms. The highest BCUT2D eigenvalue weighted by molar-refractivity contribution is 6.04. The largest absolute Gasteiger partial charge is 0.374 e. The predicted molar refractivity (Wildman–Crippen MR) is 119 cm³/mol. The predicted octanol–water partition coefficient (Wildman–Crippen LogP) is 4.84. The van der Waals surface area contributed by atoms with Crippen molar-refractivity contribution in [2.24, 2.45) is 0 Å². The molecule has 0 bridgehead atoms. The fourth-order valence-electron chi connectivity index (χ4n) is 2.95. The van der Waals surface area contributed by atoms with E-state index < -0.39 is 0 Å². The average molecular weight is 402 g/mol. The minimum atomic E-state index is -0.183. The third-order valence-electron chi connectivity index (χ3n) is 4.68. The first-order valence-corrected chi connectivity index (χ1v) is 10.0. The molecular formula is C25H26N2O3. The van der Waals surface area contributed by atoms with Crippen LogP contribution < -0.4 is 10.6 Å². The summed E-state index contributed by atoms with van der Waals surface area (Å²) in [5.74, 6) is -0.329. The molecule has 5 nitrogen and oxygen atoms in total. The van der Waals surface area contributed by atoms with Crippen molar-refractivity contribution in [3.63, 3.8) is 0 Å². The van der Waals surface area contributed by atoms with E-state index in [0.29, 0.717) is 30.0 Å². The maximum Gasteiger partial charge on any atom is 0.255 e. The quantitative estimate of drug-likeness (QED) is 0.504. The third kappa shape index (κ3) is 6.29. The molecule has 0 aliphatic rings. The molecule has 3 rings (SSSR count). The molecule has 0 saturated heterocycles. The molecule has 0 spiro atoms. The zero-order valence-corrected chi connectivity index (χ0v) is 17.0. The van der Waals surface area contributed by atoms with Gasteiger partial charge in [0.25, 0.3) is 11.8 Å². The monoisotopic (exact) mass is 402 g/mol. The van der Waals surface area contributed by atoms with Gasteiger partial charge >= 0.3 is 0 Å². The summed E-state index contributed by atoms with van der Waals surface area (Å²) in [6.07, 6.45) is 0.759. The molecule has 154 valence electrons. The van der Waals surface area contributed by atoms with Gasteiger partial charge in [-0.05, 0) is 55.3 Å². The summed E-state index contributed by atoms with van der Waals surface area (Å²) in [4.78, 5) is 24.5. The Hall–Kier alpha value is -3.44. The molecule has 0 aromatic heterocycles. The van der Waals surface area contributed by atoms with E-state index in [2.05, 4.69) is 10.6 Å². The number of benzene rings is 3. The lowest BCUT2D eigenvalue weighted by Gasteiger charge is -2.13. The molecule has 3 aromatic carbocycles. The van der Waals surface area contributed by atoms with Gasteiger partial charge in [-0.15, -0.1) is 0 Å². The van der Waals surface area contributed by atoms with Crippen molar-refractivity contribution in [3.8, 4) is 0 Å². The fourth-order valence-corrected chi connectivity index (χ4v) is 2.95. The van der Waals surface area contributed by atoms with Gasteiger partial charge in [0.1, 0.15) is 0 Å².